The van der Waals surface area contributed by atoms with E-state index in [4.69, 9.17) is 16.3 Å². The molecule has 15 heavy (non-hydrogen) atoms. The van der Waals surface area contributed by atoms with Gasteiger partial charge in [-0.1, -0.05) is 13.8 Å². The highest BCUT2D eigenvalue weighted by Crippen LogP contribution is 2.18. The van der Waals surface area contributed by atoms with Gasteiger partial charge in [-0.15, -0.1) is 16.7 Å². The summed E-state index contributed by atoms with van der Waals surface area (Å²) in [6.07, 6.45) is 0. The van der Waals surface area contributed by atoms with E-state index in [2.05, 4.69) is 29.4 Å². The maximum atomic E-state index is 5.75. The van der Waals surface area contributed by atoms with E-state index in [1.807, 2.05) is 6.92 Å². The van der Waals surface area contributed by atoms with Gasteiger partial charge in [-0.05, 0) is 23.3 Å². The molecule has 1 atom stereocenters. The van der Waals surface area contributed by atoms with Gasteiger partial charge in [0.15, 0.2) is 5.82 Å². The van der Waals surface area contributed by atoms with Crippen molar-refractivity contribution in [2.24, 2.45) is 5.92 Å². The Morgan fingerprint density at radius 1 is 1.47 bits per heavy atom. The molecule has 0 N–H and O–H groups in total. The van der Waals surface area contributed by atoms with Crippen molar-refractivity contribution < 1.29 is 4.74 Å². The van der Waals surface area contributed by atoms with Gasteiger partial charge in [-0.3, -0.25) is 0 Å². The smallest absolute Gasteiger partial charge is 0.166 e. The Kier molecular flexibility index (Phi) is 4.98. The molecule has 6 heteroatoms. The monoisotopic (exact) mass is 232 g/mol. The standard InChI is InChI=1S/C9H17ClN4O/c1-4-15-6-8(7(2)3)14-9(5-10)11-12-13-14/h7-8H,4-6H2,1-3H3. The first-order chi connectivity index (χ1) is 7.20. The highest BCUT2D eigenvalue weighted by atomic mass is 35.5. The van der Waals surface area contributed by atoms with Gasteiger partial charge in [0.1, 0.15) is 0 Å². The largest absolute Gasteiger partial charge is 0.380 e. The van der Waals surface area contributed by atoms with E-state index in [1.165, 1.54) is 0 Å². The van der Waals surface area contributed by atoms with Gasteiger partial charge >= 0.3 is 0 Å². The van der Waals surface area contributed by atoms with Crippen LogP contribution >= 0.6 is 11.6 Å². The number of nitrogens with zero attached hydrogens (tertiary/aromatic N) is 4. The number of rotatable bonds is 6. The van der Waals surface area contributed by atoms with Crippen molar-refractivity contribution in [1.29, 1.82) is 0 Å². The van der Waals surface area contributed by atoms with Crippen molar-refractivity contribution >= 4 is 11.6 Å². The zero-order valence-electron chi connectivity index (χ0n) is 9.35. The Hall–Kier alpha value is -0.680. The first-order valence-corrected chi connectivity index (χ1v) is 5.64. The quantitative estimate of drug-likeness (QED) is 0.700. The SMILES string of the molecule is CCOCC(C(C)C)n1nnnc1CCl. The molecule has 0 aromatic carbocycles. The van der Waals surface area contributed by atoms with Crippen LogP contribution in [0.25, 0.3) is 0 Å². The van der Waals surface area contributed by atoms with E-state index in [1.54, 1.807) is 4.68 Å². The van der Waals surface area contributed by atoms with Gasteiger partial charge in [0, 0.05) is 6.61 Å². The number of hydrogen-bond donors (Lipinski definition) is 0. The maximum absolute atomic E-state index is 5.75. The van der Waals surface area contributed by atoms with E-state index in [0.717, 1.165) is 0 Å². The minimum Gasteiger partial charge on any atom is -0.380 e. The summed E-state index contributed by atoms with van der Waals surface area (Å²) in [5.41, 5.74) is 0. The van der Waals surface area contributed by atoms with Crippen LogP contribution < -0.4 is 0 Å². The van der Waals surface area contributed by atoms with E-state index in [9.17, 15) is 0 Å². The average Bonchev–Trinajstić information content (AvgIpc) is 2.66. The van der Waals surface area contributed by atoms with Crippen molar-refractivity contribution in [2.75, 3.05) is 13.2 Å². The second-order valence-electron chi connectivity index (χ2n) is 3.64. The molecule has 1 heterocycles. The summed E-state index contributed by atoms with van der Waals surface area (Å²) in [5, 5.41) is 11.4. The molecule has 0 bridgehead atoms. The van der Waals surface area contributed by atoms with Crippen LogP contribution in [0.4, 0.5) is 0 Å². The van der Waals surface area contributed by atoms with E-state index in [-0.39, 0.29) is 6.04 Å². The Bertz CT molecular complexity index is 289. The lowest BCUT2D eigenvalue weighted by Gasteiger charge is -2.21. The van der Waals surface area contributed by atoms with E-state index in [0.29, 0.717) is 30.8 Å². The lowest BCUT2D eigenvalue weighted by molar-refractivity contribution is 0.0895. The van der Waals surface area contributed by atoms with Crippen LogP contribution in [0.5, 0.6) is 0 Å². The molecular weight excluding hydrogens is 216 g/mol. The minimum atomic E-state index is 0.147. The fraction of sp³-hybridized carbons (Fsp3) is 0.889. The normalized spacial score (nSPS) is 13.4. The molecule has 0 amide bonds. The van der Waals surface area contributed by atoms with Crippen LogP contribution in [-0.2, 0) is 10.6 Å². The van der Waals surface area contributed by atoms with E-state index >= 15 is 0 Å². The van der Waals surface area contributed by atoms with Crippen molar-refractivity contribution in [3.8, 4) is 0 Å². The molecular formula is C9H17ClN4O. The summed E-state index contributed by atoms with van der Waals surface area (Å²) in [7, 11) is 0. The van der Waals surface area contributed by atoms with Gasteiger partial charge in [-0.25, -0.2) is 4.68 Å². The Balaban J connectivity index is 2.78. The van der Waals surface area contributed by atoms with E-state index < -0.39 is 0 Å². The first-order valence-electron chi connectivity index (χ1n) is 5.11. The molecule has 0 radical (unpaired) electrons. The average molecular weight is 233 g/mol. The van der Waals surface area contributed by atoms with Crippen molar-refractivity contribution in [1.82, 2.24) is 20.2 Å². The maximum Gasteiger partial charge on any atom is 0.166 e. The minimum absolute atomic E-state index is 0.147. The summed E-state index contributed by atoms with van der Waals surface area (Å²) in [6, 6.07) is 0.147. The summed E-state index contributed by atoms with van der Waals surface area (Å²) < 4.78 is 7.18. The topological polar surface area (TPSA) is 52.8 Å². The summed E-state index contributed by atoms with van der Waals surface area (Å²) in [6.45, 7) is 7.51. The van der Waals surface area contributed by atoms with Gasteiger partial charge in [-0.2, -0.15) is 0 Å². The fourth-order valence-corrected chi connectivity index (χ4v) is 1.52. The number of alkyl halides is 1. The third-order valence-corrected chi connectivity index (χ3v) is 2.50. The molecule has 0 aliphatic carbocycles. The molecule has 0 spiro atoms. The van der Waals surface area contributed by atoms with Gasteiger partial charge in [0.2, 0.25) is 0 Å². The third kappa shape index (κ3) is 3.14. The van der Waals surface area contributed by atoms with Gasteiger partial charge in [0.25, 0.3) is 0 Å². The third-order valence-electron chi connectivity index (χ3n) is 2.26. The highest BCUT2D eigenvalue weighted by Gasteiger charge is 2.20. The Morgan fingerprint density at radius 2 is 2.20 bits per heavy atom. The molecule has 0 aliphatic heterocycles. The molecule has 86 valence electrons. The lowest BCUT2D eigenvalue weighted by Crippen LogP contribution is -2.23. The lowest BCUT2D eigenvalue weighted by atomic mass is 10.1. The van der Waals surface area contributed by atoms with Crippen LogP contribution in [0.2, 0.25) is 0 Å². The molecule has 1 aromatic rings. The number of tetrazole rings is 1. The summed E-state index contributed by atoms with van der Waals surface area (Å²) in [5.74, 6) is 1.42. The number of hydrogen-bond acceptors (Lipinski definition) is 4. The van der Waals surface area contributed by atoms with Crippen LogP contribution in [0.1, 0.15) is 32.6 Å². The van der Waals surface area contributed by atoms with Gasteiger partial charge in [0.05, 0.1) is 18.5 Å². The fourth-order valence-electron chi connectivity index (χ4n) is 1.34. The van der Waals surface area contributed by atoms with Crippen molar-refractivity contribution in [3.63, 3.8) is 0 Å². The van der Waals surface area contributed by atoms with Crippen LogP contribution in [0.3, 0.4) is 0 Å². The molecule has 0 saturated carbocycles. The molecule has 0 saturated heterocycles. The molecule has 1 rings (SSSR count). The van der Waals surface area contributed by atoms with Crippen molar-refractivity contribution in [2.45, 2.75) is 32.7 Å². The summed E-state index contributed by atoms with van der Waals surface area (Å²) in [4.78, 5) is 0. The zero-order valence-corrected chi connectivity index (χ0v) is 10.1. The molecule has 0 fully saturated rings. The Morgan fingerprint density at radius 3 is 2.73 bits per heavy atom. The molecule has 1 unspecified atom stereocenters. The first kappa shape index (κ1) is 12.4. The second kappa shape index (κ2) is 6.02. The van der Waals surface area contributed by atoms with Crippen LogP contribution in [0, 0.1) is 5.92 Å². The number of ether oxygens (including phenoxy) is 1. The number of aromatic nitrogens is 4. The second-order valence-corrected chi connectivity index (χ2v) is 3.91. The molecule has 1 aromatic heterocycles. The molecule has 5 nitrogen and oxygen atoms in total. The van der Waals surface area contributed by atoms with Crippen molar-refractivity contribution in [3.05, 3.63) is 5.82 Å². The Labute approximate surface area is 94.8 Å². The van der Waals surface area contributed by atoms with Crippen LogP contribution in [0.15, 0.2) is 0 Å². The summed E-state index contributed by atoms with van der Waals surface area (Å²) >= 11 is 5.75. The predicted molar refractivity (Wildman–Crippen MR) is 57.7 cm³/mol. The van der Waals surface area contributed by atoms with Gasteiger partial charge < -0.3 is 4.74 Å². The van der Waals surface area contributed by atoms with Crippen LogP contribution in [-0.4, -0.2) is 33.4 Å². The predicted octanol–water partition coefficient (Wildman–Crippen LogP) is 1.65. The highest BCUT2D eigenvalue weighted by molar-refractivity contribution is 6.16. The number of halogens is 1. The molecule has 0 aliphatic rings. The zero-order chi connectivity index (χ0) is 11.3.